The van der Waals surface area contributed by atoms with Crippen LogP contribution in [0.2, 0.25) is 0 Å². The Labute approximate surface area is 119 Å². The van der Waals surface area contributed by atoms with E-state index in [0.717, 1.165) is 18.7 Å². The quantitative estimate of drug-likeness (QED) is 0.795. The Morgan fingerprint density at radius 3 is 2.53 bits per heavy atom. The first-order valence-corrected chi connectivity index (χ1v) is 7.81. The van der Waals surface area contributed by atoms with E-state index in [1.165, 1.54) is 28.8 Å². The zero-order valence-electron chi connectivity index (χ0n) is 11.7. The molecule has 1 atom stereocenters. The summed E-state index contributed by atoms with van der Waals surface area (Å²) in [5.74, 6) is 0.614. The molecular weight excluding hydrogens is 252 g/mol. The summed E-state index contributed by atoms with van der Waals surface area (Å²) in [6.07, 6.45) is 3.56. The van der Waals surface area contributed by atoms with Gasteiger partial charge in [0.25, 0.3) is 0 Å². The largest absolute Gasteiger partial charge is 0.330 e. The highest BCUT2D eigenvalue weighted by molar-refractivity contribution is 7.13. The van der Waals surface area contributed by atoms with Gasteiger partial charge in [-0.1, -0.05) is 37.6 Å². The number of thiazole rings is 1. The van der Waals surface area contributed by atoms with Crippen molar-refractivity contribution in [1.29, 1.82) is 0 Å². The van der Waals surface area contributed by atoms with Crippen LogP contribution in [0.5, 0.6) is 0 Å². The van der Waals surface area contributed by atoms with E-state index in [1.54, 1.807) is 11.3 Å². The molecule has 2 N–H and O–H groups in total. The molecule has 0 radical (unpaired) electrons. The first kappa shape index (κ1) is 14.2. The monoisotopic (exact) mass is 274 g/mol. The second kappa shape index (κ2) is 6.83. The maximum absolute atomic E-state index is 5.54. The van der Waals surface area contributed by atoms with E-state index < -0.39 is 0 Å². The average Bonchev–Trinajstić information content (AvgIpc) is 2.85. The van der Waals surface area contributed by atoms with Crippen LogP contribution >= 0.6 is 11.3 Å². The van der Waals surface area contributed by atoms with Crippen molar-refractivity contribution in [2.75, 3.05) is 6.54 Å². The Balaban J connectivity index is 2.04. The highest BCUT2D eigenvalue weighted by Crippen LogP contribution is 2.29. The van der Waals surface area contributed by atoms with Crippen LogP contribution in [-0.2, 0) is 0 Å². The maximum atomic E-state index is 5.54. The van der Waals surface area contributed by atoms with Crippen LogP contribution in [-0.4, -0.2) is 11.5 Å². The molecule has 0 saturated heterocycles. The number of rotatable bonds is 6. The van der Waals surface area contributed by atoms with E-state index in [0.29, 0.717) is 5.92 Å². The molecule has 102 valence electrons. The number of nitrogens with two attached hydrogens (primary N) is 1. The molecule has 0 aliphatic rings. The number of nitrogens with zero attached hydrogens (tertiary/aromatic N) is 1. The smallest absolute Gasteiger partial charge is 0.0801 e. The molecule has 0 amide bonds. The molecule has 0 aliphatic heterocycles. The lowest BCUT2D eigenvalue weighted by molar-refractivity contribution is 0.609. The van der Waals surface area contributed by atoms with Crippen LogP contribution in [0.1, 0.15) is 43.4 Å². The minimum atomic E-state index is 0.614. The summed E-state index contributed by atoms with van der Waals surface area (Å²) in [5.41, 5.74) is 11.3. The fourth-order valence-electron chi connectivity index (χ4n) is 2.30. The number of hydrogen-bond acceptors (Lipinski definition) is 3. The molecule has 0 fully saturated rings. The van der Waals surface area contributed by atoms with Gasteiger partial charge in [0.1, 0.15) is 0 Å². The molecule has 1 aromatic heterocycles. The summed E-state index contributed by atoms with van der Waals surface area (Å²) >= 11 is 1.71. The van der Waals surface area contributed by atoms with Gasteiger partial charge in [0.05, 0.1) is 16.1 Å². The van der Waals surface area contributed by atoms with Gasteiger partial charge < -0.3 is 5.73 Å². The minimum Gasteiger partial charge on any atom is -0.330 e. The summed E-state index contributed by atoms with van der Waals surface area (Å²) in [6, 6.07) is 8.94. The topological polar surface area (TPSA) is 38.9 Å². The third kappa shape index (κ3) is 3.64. The van der Waals surface area contributed by atoms with Gasteiger partial charge in [-0.25, -0.2) is 4.98 Å². The van der Waals surface area contributed by atoms with Crippen LogP contribution in [0.3, 0.4) is 0 Å². The van der Waals surface area contributed by atoms with Gasteiger partial charge in [0, 0.05) is 0 Å². The lowest BCUT2D eigenvalue weighted by atomic mass is 9.94. The van der Waals surface area contributed by atoms with Crippen LogP contribution in [0.25, 0.3) is 10.4 Å². The minimum absolute atomic E-state index is 0.614. The maximum Gasteiger partial charge on any atom is 0.0801 e. The van der Waals surface area contributed by atoms with Crippen molar-refractivity contribution in [2.24, 2.45) is 5.73 Å². The van der Waals surface area contributed by atoms with Crippen molar-refractivity contribution in [3.05, 3.63) is 41.0 Å². The molecule has 0 aliphatic carbocycles. The lowest BCUT2D eigenvalue weighted by Crippen LogP contribution is -2.00. The number of benzene rings is 1. The first-order chi connectivity index (χ1) is 9.22. The molecule has 0 spiro atoms. The molecule has 0 bridgehead atoms. The van der Waals surface area contributed by atoms with E-state index >= 15 is 0 Å². The standard InChI is InChI=1S/C16H22N2S/c1-12(5-3-4-10-17)14-6-8-15(9-7-14)16-13(2)18-11-19-16/h6-9,11-12H,3-5,10,17H2,1-2H3. The molecule has 2 nitrogen and oxygen atoms in total. The number of hydrogen-bond donors (Lipinski definition) is 1. The van der Waals surface area contributed by atoms with Crippen molar-refractivity contribution in [3.63, 3.8) is 0 Å². The molecule has 3 heteroatoms. The second-order valence-electron chi connectivity index (χ2n) is 5.07. The van der Waals surface area contributed by atoms with Gasteiger partial charge in [0.2, 0.25) is 0 Å². The second-order valence-corrected chi connectivity index (χ2v) is 5.93. The molecule has 2 rings (SSSR count). The molecular formula is C16H22N2S. The summed E-state index contributed by atoms with van der Waals surface area (Å²) in [5, 5.41) is 0. The van der Waals surface area contributed by atoms with Crippen LogP contribution in [0.4, 0.5) is 0 Å². The number of aromatic nitrogens is 1. The molecule has 1 unspecified atom stereocenters. The highest BCUT2D eigenvalue weighted by atomic mass is 32.1. The molecule has 2 aromatic rings. The zero-order chi connectivity index (χ0) is 13.7. The van der Waals surface area contributed by atoms with E-state index in [-0.39, 0.29) is 0 Å². The van der Waals surface area contributed by atoms with Crippen molar-refractivity contribution in [3.8, 4) is 10.4 Å². The predicted octanol–water partition coefficient (Wildman–Crippen LogP) is 4.35. The zero-order valence-corrected chi connectivity index (χ0v) is 12.5. The Morgan fingerprint density at radius 1 is 1.21 bits per heavy atom. The molecule has 1 heterocycles. The van der Waals surface area contributed by atoms with Crippen molar-refractivity contribution in [1.82, 2.24) is 4.98 Å². The lowest BCUT2D eigenvalue weighted by Gasteiger charge is -2.12. The fraction of sp³-hybridized carbons (Fsp3) is 0.438. The fourth-order valence-corrected chi connectivity index (χ4v) is 3.12. The molecule has 1 aromatic carbocycles. The summed E-state index contributed by atoms with van der Waals surface area (Å²) in [7, 11) is 0. The van der Waals surface area contributed by atoms with E-state index in [1.807, 2.05) is 5.51 Å². The molecule has 19 heavy (non-hydrogen) atoms. The van der Waals surface area contributed by atoms with Gasteiger partial charge in [0.15, 0.2) is 0 Å². The van der Waals surface area contributed by atoms with Gasteiger partial charge in [-0.05, 0) is 43.4 Å². The Hall–Kier alpha value is -1.19. The van der Waals surface area contributed by atoms with Gasteiger partial charge in [-0.2, -0.15) is 0 Å². The van der Waals surface area contributed by atoms with Gasteiger partial charge in [-0.15, -0.1) is 11.3 Å². The van der Waals surface area contributed by atoms with Gasteiger partial charge in [-0.3, -0.25) is 0 Å². The van der Waals surface area contributed by atoms with Crippen LogP contribution in [0.15, 0.2) is 29.8 Å². The summed E-state index contributed by atoms with van der Waals surface area (Å²) in [6.45, 7) is 5.16. The van der Waals surface area contributed by atoms with E-state index in [2.05, 4.69) is 43.1 Å². The highest BCUT2D eigenvalue weighted by Gasteiger charge is 2.08. The summed E-state index contributed by atoms with van der Waals surface area (Å²) in [4.78, 5) is 5.59. The van der Waals surface area contributed by atoms with Crippen LogP contribution < -0.4 is 5.73 Å². The van der Waals surface area contributed by atoms with Crippen molar-refractivity contribution >= 4 is 11.3 Å². The van der Waals surface area contributed by atoms with E-state index in [4.69, 9.17) is 5.73 Å². The SMILES string of the molecule is Cc1ncsc1-c1ccc(C(C)CCCCN)cc1. The van der Waals surface area contributed by atoms with Crippen LogP contribution in [0, 0.1) is 6.92 Å². The third-order valence-electron chi connectivity index (χ3n) is 3.58. The van der Waals surface area contributed by atoms with E-state index in [9.17, 15) is 0 Å². The first-order valence-electron chi connectivity index (χ1n) is 6.93. The number of unbranched alkanes of at least 4 members (excludes halogenated alkanes) is 1. The normalized spacial score (nSPS) is 12.6. The average molecular weight is 274 g/mol. The number of aryl methyl sites for hydroxylation is 1. The Bertz CT molecular complexity index is 502. The predicted molar refractivity (Wildman–Crippen MR) is 83.6 cm³/mol. The Morgan fingerprint density at radius 2 is 1.95 bits per heavy atom. The van der Waals surface area contributed by atoms with Crippen molar-refractivity contribution < 1.29 is 0 Å². The third-order valence-corrected chi connectivity index (χ3v) is 4.56. The summed E-state index contributed by atoms with van der Waals surface area (Å²) < 4.78 is 0. The van der Waals surface area contributed by atoms with Gasteiger partial charge >= 0.3 is 0 Å². The molecule has 0 saturated carbocycles. The van der Waals surface area contributed by atoms with Crippen molar-refractivity contribution in [2.45, 2.75) is 39.0 Å². The Kier molecular flexibility index (Phi) is 5.11.